The van der Waals surface area contributed by atoms with Gasteiger partial charge in [-0.3, -0.25) is 9.69 Å². The minimum absolute atomic E-state index is 0.0250. The van der Waals surface area contributed by atoms with Gasteiger partial charge in [-0.25, -0.2) is 0 Å². The average Bonchev–Trinajstić information content (AvgIpc) is 2.83. The maximum atomic E-state index is 11.9. The summed E-state index contributed by atoms with van der Waals surface area (Å²) in [5, 5.41) is 9.00. The van der Waals surface area contributed by atoms with Crippen molar-refractivity contribution in [2.75, 3.05) is 46.1 Å². The molecule has 0 saturated carbocycles. The zero-order chi connectivity index (χ0) is 11.4. The van der Waals surface area contributed by atoms with Gasteiger partial charge in [0, 0.05) is 25.6 Å². The van der Waals surface area contributed by atoms with E-state index in [1.807, 2.05) is 0 Å². The lowest BCUT2D eigenvalue weighted by molar-refractivity contribution is -0.126. The summed E-state index contributed by atoms with van der Waals surface area (Å²) >= 11 is 0. The predicted molar refractivity (Wildman–Crippen MR) is 57.2 cm³/mol. The van der Waals surface area contributed by atoms with Crippen LogP contribution >= 0.6 is 0 Å². The Morgan fingerprint density at radius 2 is 2.31 bits per heavy atom. The molecule has 2 saturated heterocycles. The van der Waals surface area contributed by atoms with Crippen LogP contribution in [0.4, 0.5) is 0 Å². The molecule has 2 atom stereocenters. The topological polar surface area (TPSA) is 59.0 Å². The minimum atomic E-state index is -0.138. The number of carbonyl (C=O) groups excluding carboxylic acids is 1. The van der Waals surface area contributed by atoms with Crippen LogP contribution in [0.25, 0.3) is 0 Å². The van der Waals surface area contributed by atoms with Crippen LogP contribution in [-0.2, 0) is 14.3 Å². The summed E-state index contributed by atoms with van der Waals surface area (Å²) in [6.45, 7) is 3.79. The molecule has 5 nitrogen and oxygen atoms in total. The Bertz CT molecular complexity index is 240. The maximum absolute atomic E-state index is 11.9. The van der Waals surface area contributed by atoms with Crippen LogP contribution in [0.1, 0.15) is 6.42 Å². The third-order valence-electron chi connectivity index (χ3n) is 3.19. The first-order valence-corrected chi connectivity index (χ1v) is 5.85. The number of rotatable bonds is 4. The Hall–Kier alpha value is -0.490. The Morgan fingerprint density at radius 1 is 1.44 bits per heavy atom. The van der Waals surface area contributed by atoms with Crippen LogP contribution in [0.5, 0.6) is 0 Å². The maximum Gasteiger partial charge on any atom is 0.152 e. The lowest BCUT2D eigenvalue weighted by atomic mass is 10.0. The van der Waals surface area contributed by atoms with E-state index in [9.17, 15) is 4.79 Å². The number of hydrogen-bond donors (Lipinski definition) is 1. The molecule has 0 radical (unpaired) electrons. The summed E-state index contributed by atoms with van der Waals surface area (Å²) in [6.07, 6.45) is 0.716. The largest absolute Gasteiger partial charge is 0.394 e. The van der Waals surface area contributed by atoms with Crippen LogP contribution in [0.2, 0.25) is 0 Å². The molecule has 5 heteroatoms. The van der Waals surface area contributed by atoms with Gasteiger partial charge in [-0.05, 0) is 6.42 Å². The van der Waals surface area contributed by atoms with E-state index in [0.717, 1.165) is 13.0 Å². The van der Waals surface area contributed by atoms with Crippen LogP contribution < -0.4 is 0 Å². The number of ether oxygens (including phenoxy) is 2. The van der Waals surface area contributed by atoms with Crippen molar-refractivity contribution in [2.24, 2.45) is 5.92 Å². The molecule has 0 aromatic carbocycles. The number of hydrogen-bond acceptors (Lipinski definition) is 5. The standard InChI is InChI=1S/C11H19NO4/c13-7-10-5-12(2-4-16-10)6-11(14)9-1-3-15-8-9/h9-10,13H,1-8H2. The molecule has 0 amide bonds. The van der Waals surface area contributed by atoms with Crippen LogP contribution in [0.3, 0.4) is 0 Å². The number of aliphatic hydroxyl groups excluding tert-OH is 1. The lowest BCUT2D eigenvalue weighted by Crippen LogP contribution is -2.46. The first-order valence-electron chi connectivity index (χ1n) is 5.85. The first-order chi connectivity index (χ1) is 7.79. The van der Waals surface area contributed by atoms with Crippen molar-refractivity contribution in [3.8, 4) is 0 Å². The predicted octanol–water partition coefficient (Wildman–Crippen LogP) is -0.715. The van der Waals surface area contributed by atoms with Crippen molar-refractivity contribution in [3.63, 3.8) is 0 Å². The minimum Gasteiger partial charge on any atom is -0.394 e. The highest BCUT2D eigenvalue weighted by Gasteiger charge is 2.27. The molecular formula is C11H19NO4. The molecule has 2 unspecified atom stereocenters. The van der Waals surface area contributed by atoms with Gasteiger partial charge in [0.25, 0.3) is 0 Å². The number of aliphatic hydroxyl groups is 1. The van der Waals surface area contributed by atoms with Gasteiger partial charge < -0.3 is 14.6 Å². The zero-order valence-corrected chi connectivity index (χ0v) is 9.43. The van der Waals surface area contributed by atoms with Gasteiger partial charge in [0.15, 0.2) is 5.78 Å². The second kappa shape index (κ2) is 5.72. The quantitative estimate of drug-likeness (QED) is 0.690. The van der Waals surface area contributed by atoms with Crippen molar-refractivity contribution in [2.45, 2.75) is 12.5 Å². The molecule has 0 aromatic heterocycles. The van der Waals surface area contributed by atoms with E-state index in [0.29, 0.717) is 32.9 Å². The molecule has 2 aliphatic rings. The lowest BCUT2D eigenvalue weighted by Gasteiger charge is -2.31. The van der Waals surface area contributed by atoms with Gasteiger partial charge in [0.05, 0.1) is 32.5 Å². The van der Waals surface area contributed by atoms with Gasteiger partial charge in [-0.2, -0.15) is 0 Å². The Kier molecular flexibility index (Phi) is 4.29. The van der Waals surface area contributed by atoms with Crippen LogP contribution in [-0.4, -0.2) is 68.0 Å². The Labute approximate surface area is 95.3 Å². The average molecular weight is 229 g/mol. The van der Waals surface area contributed by atoms with Crippen LogP contribution in [0, 0.1) is 5.92 Å². The monoisotopic (exact) mass is 229 g/mol. The number of morpholine rings is 1. The van der Waals surface area contributed by atoms with E-state index >= 15 is 0 Å². The molecule has 2 heterocycles. The second-order valence-electron chi connectivity index (χ2n) is 4.44. The highest BCUT2D eigenvalue weighted by atomic mass is 16.5. The van der Waals surface area contributed by atoms with Crippen molar-refractivity contribution in [1.29, 1.82) is 0 Å². The molecule has 2 fully saturated rings. The van der Waals surface area contributed by atoms with Gasteiger partial charge in [0.2, 0.25) is 0 Å². The van der Waals surface area contributed by atoms with E-state index in [1.165, 1.54) is 0 Å². The van der Waals surface area contributed by atoms with Crippen LogP contribution in [0.15, 0.2) is 0 Å². The molecule has 0 aliphatic carbocycles. The summed E-state index contributed by atoms with van der Waals surface area (Å²) < 4.78 is 10.5. The smallest absolute Gasteiger partial charge is 0.152 e. The number of carbonyl (C=O) groups is 1. The second-order valence-corrected chi connectivity index (χ2v) is 4.44. The molecule has 1 N–H and O–H groups in total. The molecular weight excluding hydrogens is 210 g/mol. The summed E-state index contributed by atoms with van der Waals surface area (Å²) in [7, 11) is 0. The van der Waals surface area contributed by atoms with E-state index in [2.05, 4.69) is 4.90 Å². The molecule has 92 valence electrons. The van der Waals surface area contributed by atoms with Crippen molar-refractivity contribution in [3.05, 3.63) is 0 Å². The highest BCUT2D eigenvalue weighted by Crippen LogP contribution is 2.15. The van der Waals surface area contributed by atoms with Gasteiger partial charge in [0.1, 0.15) is 0 Å². The fraction of sp³-hybridized carbons (Fsp3) is 0.909. The molecule has 16 heavy (non-hydrogen) atoms. The van der Waals surface area contributed by atoms with E-state index in [4.69, 9.17) is 14.6 Å². The molecule has 2 rings (SSSR count). The Balaban J connectivity index is 1.77. The molecule has 0 spiro atoms. The molecule has 2 aliphatic heterocycles. The van der Waals surface area contributed by atoms with Crippen molar-refractivity contribution >= 4 is 5.78 Å². The number of Topliss-reactive ketones (excluding diaryl/α,β-unsaturated/α-hetero) is 1. The third-order valence-corrected chi connectivity index (χ3v) is 3.19. The van der Waals surface area contributed by atoms with Crippen molar-refractivity contribution < 1.29 is 19.4 Å². The molecule has 0 aromatic rings. The van der Waals surface area contributed by atoms with E-state index in [-0.39, 0.29) is 24.4 Å². The van der Waals surface area contributed by atoms with Gasteiger partial charge >= 0.3 is 0 Å². The summed E-state index contributed by atoms with van der Waals surface area (Å²) in [6, 6.07) is 0. The van der Waals surface area contributed by atoms with E-state index in [1.54, 1.807) is 0 Å². The Morgan fingerprint density at radius 3 is 3.00 bits per heavy atom. The fourth-order valence-electron chi connectivity index (χ4n) is 2.17. The van der Waals surface area contributed by atoms with Gasteiger partial charge in [-0.1, -0.05) is 0 Å². The summed E-state index contributed by atoms with van der Waals surface area (Å²) in [5.74, 6) is 0.339. The third kappa shape index (κ3) is 3.01. The molecule has 0 bridgehead atoms. The van der Waals surface area contributed by atoms with Crippen molar-refractivity contribution in [1.82, 2.24) is 4.90 Å². The highest BCUT2D eigenvalue weighted by molar-refractivity contribution is 5.83. The first kappa shape index (κ1) is 12.0. The number of ketones is 1. The number of nitrogens with zero attached hydrogens (tertiary/aromatic N) is 1. The van der Waals surface area contributed by atoms with Gasteiger partial charge in [-0.15, -0.1) is 0 Å². The SMILES string of the molecule is O=C(CN1CCOC(CO)C1)C1CCOC1. The normalized spacial score (nSPS) is 31.8. The zero-order valence-electron chi connectivity index (χ0n) is 9.43. The fourth-order valence-corrected chi connectivity index (χ4v) is 2.17. The summed E-state index contributed by atoms with van der Waals surface area (Å²) in [5.41, 5.74) is 0. The van der Waals surface area contributed by atoms with E-state index < -0.39 is 0 Å². The summed E-state index contributed by atoms with van der Waals surface area (Å²) in [4.78, 5) is 13.9.